The number of sulfonamides is 1. The van der Waals surface area contributed by atoms with Gasteiger partial charge >= 0.3 is 0 Å². The summed E-state index contributed by atoms with van der Waals surface area (Å²) in [5.74, 6) is 0.286. The highest BCUT2D eigenvalue weighted by molar-refractivity contribution is 7.92. The Morgan fingerprint density at radius 3 is 2.13 bits per heavy atom. The zero-order chi connectivity index (χ0) is 33.3. The zero-order valence-electron chi connectivity index (χ0n) is 27.0. The van der Waals surface area contributed by atoms with Crippen molar-refractivity contribution in [3.8, 4) is 23.0 Å². The van der Waals surface area contributed by atoms with Crippen LogP contribution in [-0.2, 0) is 26.0 Å². The topological polar surface area (TPSA) is 124 Å². The number of nitrogens with one attached hydrogen (secondary N) is 1. The van der Waals surface area contributed by atoms with E-state index in [4.69, 9.17) is 18.9 Å². The molecule has 3 aromatic carbocycles. The number of anilines is 1. The zero-order valence-corrected chi connectivity index (χ0v) is 27.8. The third kappa shape index (κ3) is 8.03. The van der Waals surface area contributed by atoms with Crippen LogP contribution in [0.3, 0.4) is 0 Å². The molecule has 0 radical (unpaired) electrons. The van der Waals surface area contributed by atoms with E-state index in [1.54, 1.807) is 19.1 Å². The molecule has 46 heavy (non-hydrogen) atoms. The molecule has 2 amide bonds. The van der Waals surface area contributed by atoms with E-state index in [1.165, 1.54) is 57.6 Å². The molecule has 1 N–H and O–H groups in total. The van der Waals surface area contributed by atoms with Gasteiger partial charge in [0.1, 0.15) is 24.1 Å². The van der Waals surface area contributed by atoms with Gasteiger partial charge in [-0.05, 0) is 56.0 Å². The SMILES string of the molecule is COc1ccc(OC)c(N(CC(=O)N(CCc2ccccc2)[C@@H](C)C(=O)NC2CCCC2)S(=O)(=O)c2ccc(OC)c(OC)c2)c1. The molecular formula is C34H43N3O8S. The van der Waals surface area contributed by atoms with Crippen molar-refractivity contribution in [1.82, 2.24) is 10.2 Å². The smallest absolute Gasteiger partial charge is 0.265 e. The summed E-state index contributed by atoms with van der Waals surface area (Å²) in [6.07, 6.45) is 4.34. The molecule has 0 unspecified atom stereocenters. The molecule has 4 rings (SSSR count). The third-order valence-electron chi connectivity index (χ3n) is 8.23. The minimum atomic E-state index is -4.42. The molecule has 1 saturated carbocycles. The summed E-state index contributed by atoms with van der Waals surface area (Å²) in [6.45, 7) is 1.25. The molecule has 1 aliphatic carbocycles. The van der Waals surface area contributed by atoms with Gasteiger partial charge in [0.2, 0.25) is 11.8 Å². The number of ether oxygens (including phenoxy) is 4. The lowest BCUT2D eigenvalue weighted by Crippen LogP contribution is -2.53. The maximum Gasteiger partial charge on any atom is 0.265 e. The van der Waals surface area contributed by atoms with Gasteiger partial charge in [-0.2, -0.15) is 0 Å². The van der Waals surface area contributed by atoms with Crippen LogP contribution in [0.15, 0.2) is 71.6 Å². The summed E-state index contributed by atoms with van der Waals surface area (Å²) in [6, 6.07) is 17.7. The van der Waals surface area contributed by atoms with E-state index in [2.05, 4.69) is 5.32 Å². The molecule has 0 aliphatic heterocycles. The Kier molecular flexibility index (Phi) is 11.8. The van der Waals surface area contributed by atoms with E-state index in [9.17, 15) is 18.0 Å². The fourth-order valence-electron chi connectivity index (χ4n) is 5.57. The second kappa shape index (κ2) is 15.7. The molecule has 1 atom stereocenters. The van der Waals surface area contributed by atoms with Gasteiger partial charge in [-0.25, -0.2) is 8.42 Å². The van der Waals surface area contributed by atoms with E-state index >= 15 is 0 Å². The summed E-state index contributed by atoms with van der Waals surface area (Å²) in [5.41, 5.74) is 1.07. The normalized spacial score (nSPS) is 13.8. The molecule has 0 saturated heterocycles. The Hall–Kier alpha value is -4.45. The quantitative estimate of drug-likeness (QED) is 0.256. The maximum absolute atomic E-state index is 14.4. The number of nitrogens with zero attached hydrogens (tertiary/aromatic N) is 2. The average Bonchev–Trinajstić information content (AvgIpc) is 3.59. The molecule has 12 heteroatoms. The van der Waals surface area contributed by atoms with Gasteiger partial charge in [-0.1, -0.05) is 43.2 Å². The standard InChI is InChI=1S/C34H43N3O8S/c1-24(34(39)35-26-13-9-10-14-26)36(20-19-25-11-7-6-8-12-25)33(38)23-37(29-21-27(42-2)15-17-30(29)43-3)46(40,41)28-16-18-31(44-4)32(22-28)45-5/h6-8,11-12,15-18,21-22,24,26H,9-10,13-14,19-20,23H2,1-5H3,(H,35,39)/t24-/m0/s1. The highest BCUT2D eigenvalue weighted by atomic mass is 32.2. The van der Waals surface area contributed by atoms with Crippen LogP contribution in [0.4, 0.5) is 5.69 Å². The first-order valence-electron chi connectivity index (χ1n) is 15.2. The van der Waals surface area contributed by atoms with Gasteiger partial charge in [0, 0.05) is 24.7 Å². The molecule has 1 fully saturated rings. The van der Waals surface area contributed by atoms with Gasteiger partial charge in [-0.3, -0.25) is 13.9 Å². The van der Waals surface area contributed by atoms with Crippen molar-refractivity contribution in [3.63, 3.8) is 0 Å². The van der Waals surface area contributed by atoms with Gasteiger partial charge in [-0.15, -0.1) is 0 Å². The van der Waals surface area contributed by atoms with Crippen LogP contribution < -0.4 is 28.6 Å². The number of hydrogen-bond acceptors (Lipinski definition) is 8. The summed E-state index contributed by atoms with van der Waals surface area (Å²) in [4.78, 5) is 29.1. The van der Waals surface area contributed by atoms with E-state index < -0.39 is 28.5 Å². The number of rotatable bonds is 15. The van der Waals surface area contributed by atoms with Gasteiger partial charge in [0.05, 0.1) is 39.0 Å². The van der Waals surface area contributed by atoms with Crippen LogP contribution in [0.5, 0.6) is 23.0 Å². The highest BCUT2D eigenvalue weighted by Crippen LogP contribution is 2.37. The lowest BCUT2D eigenvalue weighted by molar-refractivity contribution is -0.139. The van der Waals surface area contributed by atoms with Crippen LogP contribution in [0, 0.1) is 0 Å². The fraction of sp³-hybridized carbons (Fsp3) is 0.412. The van der Waals surface area contributed by atoms with Crippen molar-refractivity contribution in [2.24, 2.45) is 0 Å². The minimum absolute atomic E-state index is 0.0593. The van der Waals surface area contributed by atoms with E-state index in [0.717, 1.165) is 35.6 Å². The number of benzene rings is 3. The Bertz CT molecular complexity index is 1590. The van der Waals surface area contributed by atoms with Gasteiger partial charge in [0.25, 0.3) is 10.0 Å². The molecule has 1 aliphatic rings. The number of methoxy groups -OCH3 is 4. The highest BCUT2D eigenvalue weighted by Gasteiger charge is 2.35. The maximum atomic E-state index is 14.4. The summed E-state index contributed by atoms with van der Waals surface area (Å²) in [5, 5.41) is 3.08. The first-order valence-corrected chi connectivity index (χ1v) is 16.7. The van der Waals surface area contributed by atoms with Crippen LogP contribution in [-0.4, -0.2) is 78.7 Å². The summed E-state index contributed by atoms with van der Waals surface area (Å²) in [7, 11) is 1.31. The fourth-order valence-corrected chi connectivity index (χ4v) is 7.00. The largest absolute Gasteiger partial charge is 0.497 e. The minimum Gasteiger partial charge on any atom is -0.497 e. The average molecular weight is 654 g/mol. The Morgan fingerprint density at radius 1 is 0.848 bits per heavy atom. The lowest BCUT2D eigenvalue weighted by atomic mass is 10.1. The summed E-state index contributed by atoms with van der Waals surface area (Å²) < 4.78 is 51.5. The molecule has 3 aromatic rings. The number of amides is 2. The number of hydrogen-bond donors (Lipinski definition) is 1. The summed E-state index contributed by atoms with van der Waals surface area (Å²) >= 11 is 0. The predicted molar refractivity (Wildman–Crippen MR) is 175 cm³/mol. The second-order valence-electron chi connectivity index (χ2n) is 11.1. The molecule has 0 bridgehead atoms. The Balaban J connectivity index is 1.75. The molecular weight excluding hydrogens is 610 g/mol. The van der Waals surface area contributed by atoms with Crippen molar-refractivity contribution in [3.05, 3.63) is 72.3 Å². The number of carbonyl (C=O) groups excluding carboxylic acids is 2. The van der Waals surface area contributed by atoms with Crippen molar-refractivity contribution < 1.29 is 37.0 Å². The van der Waals surface area contributed by atoms with E-state index in [-0.39, 0.29) is 40.6 Å². The van der Waals surface area contributed by atoms with E-state index in [1.807, 2.05) is 30.3 Å². The van der Waals surface area contributed by atoms with E-state index in [0.29, 0.717) is 17.9 Å². The van der Waals surface area contributed by atoms with Crippen LogP contribution in [0.25, 0.3) is 0 Å². The predicted octanol–water partition coefficient (Wildman–Crippen LogP) is 4.43. The molecule has 0 aromatic heterocycles. The number of carbonyl (C=O) groups is 2. The van der Waals surface area contributed by atoms with Crippen molar-refractivity contribution >= 4 is 27.5 Å². The van der Waals surface area contributed by atoms with Crippen LogP contribution >= 0.6 is 0 Å². The molecule has 11 nitrogen and oxygen atoms in total. The van der Waals surface area contributed by atoms with Crippen LogP contribution in [0.2, 0.25) is 0 Å². The molecule has 0 spiro atoms. The lowest BCUT2D eigenvalue weighted by Gasteiger charge is -2.33. The Labute approximate surface area is 271 Å². The van der Waals surface area contributed by atoms with Gasteiger partial charge in [0.15, 0.2) is 11.5 Å². The van der Waals surface area contributed by atoms with Crippen LogP contribution in [0.1, 0.15) is 38.2 Å². The molecule has 0 heterocycles. The monoisotopic (exact) mass is 653 g/mol. The Morgan fingerprint density at radius 2 is 1.50 bits per heavy atom. The first kappa shape index (κ1) is 34.4. The second-order valence-corrected chi connectivity index (χ2v) is 12.9. The van der Waals surface area contributed by atoms with Crippen molar-refractivity contribution in [1.29, 1.82) is 0 Å². The third-order valence-corrected chi connectivity index (χ3v) is 9.99. The van der Waals surface area contributed by atoms with Crippen molar-refractivity contribution in [2.75, 3.05) is 45.8 Å². The first-order chi connectivity index (χ1) is 22.1. The van der Waals surface area contributed by atoms with Crippen molar-refractivity contribution in [2.45, 2.75) is 56.0 Å². The van der Waals surface area contributed by atoms with Gasteiger partial charge < -0.3 is 29.2 Å². The molecule has 248 valence electrons.